The van der Waals surface area contributed by atoms with Crippen molar-refractivity contribution in [3.05, 3.63) is 0 Å². The van der Waals surface area contributed by atoms with Crippen LogP contribution >= 0.6 is 0 Å². The lowest BCUT2D eigenvalue weighted by atomic mass is 9.96. The maximum Gasteiger partial charge on any atom is 0.410 e. The molecule has 0 aromatic carbocycles. The summed E-state index contributed by atoms with van der Waals surface area (Å²) in [4.78, 5) is 40.0. The Hall–Kier alpha value is -1.79. The van der Waals surface area contributed by atoms with Crippen LogP contribution in [0, 0.1) is 5.92 Å². The number of piperidine rings is 1. The van der Waals surface area contributed by atoms with Crippen LogP contribution in [0.3, 0.4) is 0 Å². The zero-order valence-corrected chi connectivity index (χ0v) is 15.3. The van der Waals surface area contributed by atoms with Crippen molar-refractivity contribution in [2.45, 2.75) is 65.1 Å². The van der Waals surface area contributed by atoms with E-state index in [-0.39, 0.29) is 36.4 Å². The molecule has 0 aromatic rings. The van der Waals surface area contributed by atoms with E-state index in [9.17, 15) is 14.4 Å². The number of likely N-dealkylation sites (tertiary alicyclic amines) is 1. The van der Waals surface area contributed by atoms with Gasteiger partial charge in [-0.25, -0.2) is 4.79 Å². The van der Waals surface area contributed by atoms with Crippen LogP contribution in [0.4, 0.5) is 4.79 Å². The van der Waals surface area contributed by atoms with Gasteiger partial charge in [-0.1, -0.05) is 13.8 Å². The molecular weight excluding hydrogens is 310 g/mol. The van der Waals surface area contributed by atoms with Crippen LogP contribution in [-0.2, 0) is 14.3 Å². The SMILES string of the molecule is CC(C)[C@H]1NC(=O)CN(C2CCN(C(=O)OC(C)(C)C)CC2)C1=O. The van der Waals surface area contributed by atoms with E-state index < -0.39 is 11.6 Å². The number of ether oxygens (including phenoxy) is 1. The molecule has 2 heterocycles. The van der Waals surface area contributed by atoms with E-state index in [0.717, 1.165) is 0 Å². The minimum Gasteiger partial charge on any atom is -0.444 e. The largest absolute Gasteiger partial charge is 0.444 e. The third kappa shape index (κ3) is 4.39. The molecule has 7 heteroatoms. The Morgan fingerprint density at radius 1 is 1.21 bits per heavy atom. The summed E-state index contributed by atoms with van der Waals surface area (Å²) < 4.78 is 5.39. The van der Waals surface area contributed by atoms with Crippen LogP contribution in [-0.4, -0.2) is 65.0 Å². The fraction of sp³-hybridized carbons (Fsp3) is 0.824. The Morgan fingerprint density at radius 2 is 1.79 bits per heavy atom. The summed E-state index contributed by atoms with van der Waals surface area (Å²) >= 11 is 0. The number of amides is 3. The first-order valence-electron chi connectivity index (χ1n) is 8.66. The lowest BCUT2D eigenvalue weighted by molar-refractivity contribution is -0.148. The van der Waals surface area contributed by atoms with E-state index in [0.29, 0.717) is 25.9 Å². The molecule has 0 spiro atoms. The zero-order chi connectivity index (χ0) is 18.1. The van der Waals surface area contributed by atoms with Gasteiger partial charge in [-0.15, -0.1) is 0 Å². The van der Waals surface area contributed by atoms with E-state index in [1.807, 2.05) is 34.6 Å². The molecule has 1 atom stereocenters. The smallest absolute Gasteiger partial charge is 0.410 e. The molecule has 2 saturated heterocycles. The van der Waals surface area contributed by atoms with Gasteiger partial charge in [0.15, 0.2) is 0 Å². The number of hydrogen-bond donors (Lipinski definition) is 1. The average Bonchev–Trinajstić information content (AvgIpc) is 2.47. The first-order valence-corrected chi connectivity index (χ1v) is 8.66. The standard InChI is InChI=1S/C17H29N3O4/c1-11(2)14-15(22)20(10-13(21)18-14)12-6-8-19(9-7-12)16(23)24-17(3,4)5/h11-12,14H,6-10H2,1-5H3,(H,18,21)/t14-/m1/s1. The molecule has 1 N–H and O–H groups in total. The predicted molar refractivity (Wildman–Crippen MR) is 89.3 cm³/mol. The van der Waals surface area contributed by atoms with Crippen LogP contribution in [0.2, 0.25) is 0 Å². The van der Waals surface area contributed by atoms with Gasteiger partial charge in [-0.3, -0.25) is 9.59 Å². The molecule has 0 unspecified atom stereocenters. The molecule has 0 radical (unpaired) electrons. The highest BCUT2D eigenvalue weighted by atomic mass is 16.6. The summed E-state index contributed by atoms with van der Waals surface area (Å²) in [5.41, 5.74) is -0.515. The van der Waals surface area contributed by atoms with Crippen molar-refractivity contribution in [2.24, 2.45) is 5.92 Å². The van der Waals surface area contributed by atoms with Gasteiger partial charge in [0.25, 0.3) is 0 Å². The lowest BCUT2D eigenvalue weighted by Gasteiger charge is -2.42. The first-order chi connectivity index (χ1) is 11.1. The summed E-state index contributed by atoms with van der Waals surface area (Å²) in [5, 5.41) is 2.77. The molecule has 2 aliphatic rings. The monoisotopic (exact) mass is 339 g/mol. The van der Waals surface area contributed by atoms with Crippen molar-refractivity contribution in [3.63, 3.8) is 0 Å². The second-order valence-corrected chi connectivity index (χ2v) is 7.95. The number of carbonyl (C=O) groups is 3. The van der Waals surface area contributed by atoms with Gasteiger partial charge in [0, 0.05) is 19.1 Å². The van der Waals surface area contributed by atoms with Crippen LogP contribution in [0.1, 0.15) is 47.5 Å². The number of nitrogens with zero attached hydrogens (tertiary/aromatic N) is 2. The van der Waals surface area contributed by atoms with Crippen molar-refractivity contribution in [1.29, 1.82) is 0 Å². The molecule has 0 aromatic heterocycles. The summed E-state index contributed by atoms with van der Waals surface area (Å²) in [6.07, 6.45) is 1.02. The molecular formula is C17H29N3O4. The second-order valence-electron chi connectivity index (χ2n) is 7.95. The number of nitrogens with one attached hydrogen (secondary N) is 1. The van der Waals surface area contributed by atoms with Gasteiger partial charge in [-0.05, 0) is 39.5 Å². The fourth-order valence-corrected chi connectivity index (χ4v) is 3.14. The lowest BCUT2D eigenvalue weighted by Crippen LogP contribution is -2.63. The molecule has 136 valence electrons. The Labute approximate surface area is 143 Å². The Bertz CT molecular complexity index is 504. The van der Waals surface area contributed by atoms with Crippen molar-refractivity contribution in [2.75, 3.05) is 19.6 Å². The third-order valence-corrected chi connectivity index (χ3v) is 4.40. The number of hydrogen-bond acceptors (Lipinski definition) is 4. The van der Waals surface area contributed by atoms with E-state index in [1.165, 1.54) is 0 Å². The van der Waals surface area contributed by atoms with Crippen LogP contribution < -0.4 is 5.32 Å². The predicted octanol–water partition coefficient (Wildman–Crippen LogP) is 1.37. The molecule has 24 heavy (non-hydrogen) atoms. The van der Waals surface area contributed by atoms with Gasteiger partial charge in [0.2, 0.25) is 11.8 Å². The van der Waals surface area contributed by atoms with Crippen LogP contribution in [0.5, 0.6) is 0 Å². The molecule has 3 amide bonds. The number of rotatable bonds is 2. The molecule has 2 rings (SSSR count). The Balaban J connectivity index is 1.95. The normalized spacial score (nSPS) is 23.5. The Morgan fingerprint density at radius 3 is 2.29 bits per heavy atom. The number of piperazine rings is 1. The second kappa shape index (κ2) is 6.99. The zero-order valence-electron chi connectivity index (χ0n) is 15.3. The maximum atomic E-state index is 12.6. The van der Waals surface area contributed by atoms with E-state index >= 15 is 0 Å². The van der Waals surface area contributed by atoms with E-state index in [1.54, 1.807) is 9.80 Å². The van der Waals surface area contributed by atoms with Gasteiger partial charge in [-0.2, -0.15) is 0 Å². The molecule has 2 aliphatic heterocycles. The van der Waals surface area contributed by atoms with Gasteiger partial charge in [0.1, 0.15) is 11.6 Å². The quantitative estimate of drug-likeness (QED) is 0.824. The first kappa shape index (κ1) is 18.5. The topological polar surface area (TPSA) is 79.0 Å². The third-order valence-electron chi connectivity index (χ3n) is 4.40. The van der Waals surface area contributed by atoms with Gasteiger partial charge in [0.05, 0.1) is 6.54 Å². The summed E-state index contributed by atoms with van der Waals surface area (Å²) in [7, 11) is 0. The van der Waals surface area contributed by atoms with Crippen molar-refractivity contribution >= 4 is 17.9 Å². The van der Waals surface area contributed by atoms with Crippen molar-refractivity contribution in [1.82, 2.24) is 15.1 Å². The highest BCUT2D eigenvalue weighted by Gasteiger charge is 2.39. The summed E-state index contributed by atoms with van der Waals surface area (Å²) in [6.45, 7) is 10.6. The summed E-state index contributed by atoms with van der Waals surface area (Å²) in [6, 6.07) is -0.446. The number of carbonyl (C=O) groups excluding carboxylic acids is 3. The van der Waals surface area contributed by atoms with Gasteiger partial charge >= 0.3 is 6.09 Å². The maximum absolute atomic E-state index is 12.6. The minimum absolute atomic E-state index is 0.00323. The van der Waals surface area contributed by atoms with E-state index in [4.69, 9.17) is 4.74 Å². The fourth-order valence-electron chi connectivity index (χ4n) is 3.14. The minimum atomic E-state index is -0.515. The molecule has 2 fully saturated rings. The van der Waals surface area contributed by atoms with Crippen LogP contribution in [0.15, 0.2) is 0 Å². The average molecular weight is 339 g/mol. The van der Waals surface area contributed by atoms with E-state index in [2.05, 4.69) is 5.32 Å². The van der Waals surface area contributed by atoms with Gasteiger partial charge < -0.3 is 19.9 Å². The Kier molecular flexibility index (Phi) is 5.40. The summed E-state index contributed by atoms with van der Waals surface area (Å²) in [5.74, 6) is -0.0608. The molecule has 7 nitrogen and oxygen atoms in total. The van der Waals surface area contributed by atoms with Crippen molar-refractivity contribution in [3.8, 4) is 0 Å². The molecule has 0 saturated carbocycles. The van der Waals surface area contributed by atoms with Crippen molar-refractivity contribution < 1.29 is 19.1 Å². The molecule has 0 bridgehead atoms. The highest BCUT2D eigenvalue weighted by Crippen LogP contribution is 2.22. The van der Waals surface area contributed by atoms with Crippen LogP contribution in [0.25, 0.3) is 0 Å². The molecule has 0 aliphatic carbocycles. The highest BCUT2D eigenvalue weighted by molar-refractivity contribution is 5.95.